The van der Waals surface area contributed by atoms with Gasteiger partial charge in [0.25, 0.3) is 5.91 Å². The van der Waals surface area contributed by atoms with Gasteiger partial charge in [-0.25, -0.2) is 0 Å². The highest BCUT2D eigenvalue weighted by atomic mass is 32.2. The molecule has 3 aromatic carbocycles. The number of carbonyl (C=O) groups is 2. The van der Waals surface area contributed by atoms with Crippen LogP contribution in [0.3, 0.4) is 0 Å². The average molecular weight is 461 g/mol. The molecule has 0 saturated carbocycles. The minimum absolute atomic E-state index is 0.0531. The molecule has 1 fully saturated rings. The van der Waals surface area contributed by atoms with Crippen molar-refractivity contribution in [3.05, 3.63) is 95.6 Å². The monoisotopic (exact) mass is 460 g/mol. The molecular weight excluding hydrogens is 436 g/mol. The second kappa shape index (κ2) is 9.58. The van der Waals surface area contributed by atoms with Gasteiger partial charge in [-0.05, 0) is 35.4 Å². The quantitative estimate of drug-likeness (QED) is 0.602. The minimum Gasteiger partial charge on any atom is -0.486 e. The Morgan fingerprint density at radius 2 is 1.70 bits per heavy atom. The molecule has 0 aromatic heterocycles. The van der Waals surface area contributed by atoms with Crippen molar-refractivity contribution in [2.45, 2.75) is 18.0 Å². The molecule has 2 atom stereocenters. The van der Waals surface area contributed by atoms with E-state index in [1.807, 2.05) is 83.8 Å². The number of amides is 2. The Balaban J connectivity index is 1.19. The van der Waals surface area contributed by atoms with Crippen molar-refractivity contribution in [2.75, 3.05) is 18.9 Å². The molecule has 2 heterocycles. The van der Waals surface area contributed by atoms with Gasteiger partial charge in [0.05, 0.1) is 12.3 Å². The van der Waals surface area contributed by atoms with E-state index in [0.29, 0.717) is 36.8 Å². The molecule has 6 nitrogen and oxygen atoms in total. The number of thioether (sulfide) groups is 1. The first-order valence-corrected chi connectivity index (χ1v) is 11.9. The molecule has 3 aromatic rings. The molecule has 2 unspecified atom stereocenters. The second-order valence-electron chi connectivity index (χ2n) is 8.00. The smallest absolute Gasteiger partial charge is 0.251 e. The minimum atomic E-state index is -0.240. The van der Waals surface area contributed by atoms with E-state index < -0.39 is 0 Å². The van der Waals surface area contributed by atoms with Crippen LogP contribution in [0, 0.1) is 0 Å². The molecule has 2 aliphatic rings. The Morgan fingerprint density at radius 1 is 0.970 bits per heavy atom. The number of ether oxygens (including phenoxy) is 2. The van der Waals surface area contributed by atoms with Crippen molar-refractivity contribution in [3.63, 3.8) is 0 Å². The number of nitrogens with one attached hydrogen (secondary N) is 1. The SMILES string of the molecule is O=C(NCC1COc2ccccc2O1)c1ccc(C2SCC(=O)N2Cc2ccccc2)cc1. The van der Waals surface area contributed by atoms with Gasteiger partial charge in [-0.2, -0.15) is 0 Å². The van der Waals surface area contributed by atoms with E-state index in [1.54, 1.807) is 11.8 Å². The molecule has 33 heavy (non-hydrogen) atoms. The molecule has 1 N–H and O–H groups in total. The highest BCUT2D eigenvalue weighted by Crippen LogP contribution is 2.39. The van der Waals surface area contributed by atoms with Crippen LogP contribution in [0.25, 0.3) is 0 Å². The van der Waals surface area contributed by atoms with Gasteiger partial charge < -0.3 is 19.7 Å². The fourth-order valence-electron chi connectivity index (χ4n) is 3.95. The van der Waals surface area contributed by atoms with E-state index in [9.17, 15) is 9.59 Å². The molecule has 1 saturated heterocycles. The number of hydrogen-bond acceptors (Lipinski definition) is 5. The van der Waals surface area contributed by atoms with Gasteiger partial charge in [0, 0.05) is 12.1 Å². The summed E-state index contributed by atoms with van der Waals surface area (Å²) in [6.45, 7) is 1.32. The lowest BCUT2D eigenvalue weighted by Crippen LogP contribution is -2.40. The molecular formula is C26H24N2O4S. The van der Waals surface area contributed by atoms with Gasteiger partial charge in [-0.15, -0.1) is 11.8 Å². The van der Waals surface area contributed by atoms with Gasteiger partial charge >= 0.3 is 0 Å². The third-order valence-corrected chi connectivity index (χ3v) is 6.94. The third kappa shape index (κ3) is 4.83. The number of nitrogens with zero attached hydrogens (tertiary/aromatic N) is 1. The van der Waals surface area contributed by atoms with E-state index in [1.165, 1.54) is 0 Å². The van der Waals surface area contributed by atoms with Crippen LogP contribution < -0.4 is 14.8 Å². The molecule has 2 aliphatic heterocycles. The summed E-state index contributed by atoms with van der Waals surface area (Å²) in [5.41, 5.74) is 2.68. The lowest BCUT2D eigenvalue weighted by Gasteiger charge is -2.26. The zero-order valence-corrected chi connectivity index (χ0v) is 18.8. The summed E-state index contributed by atoms with van der Waals surface area (Å²) >= 11 is 1.61. The number of benzene rings is 3. The van der Waals surface area contributed by atoms with Crippen molar-refractivity contribution in [1.82, 2.24) is 10.2 Å². The van der Waals surface area contributed by atoms with E-state index in [-0.39, 0.29) is 23.3 Å². The number of fused-ring (bicyclic) bond motifs is 1. The predicted molar refractivity (Wildman–Crippen MR) is 127 cm³/mol. The van der Waals surface area contributed by atoms with Crippen LogP contribution in [-0.4, -0.2) is 41.7 Å². The molecule has 0 radical (unpaired) electrons. The van der Waals surface area contributed by atoms with Gasteiger partial charge in [0.15, 0.2) is 11.5 Å². The van der Waals surface area contributed by atoms with Gasteiger partial charge in [-0.3, -0.25) is 9.59 Å². The lowest BCUT2D eigenvalue weighted by molar-refractivity contribution is -0.128. The van der Waals surface area contributed by atoms with Crippen LogP contribution in [-0.2, 0) is 11.3 Å². The highest BCUT2D eigenvalue weighted by Gasteiger charge is 2.32. The molecule has 168 valence electrons. The van der Waals surface area contributed by atoms with E-state index in [4.69, 9.17) is 9.47 Å². The second-order valence-corrected chi connectivity index (χ2v) is 9.07. The summed E-state index contributed by atoms with van der Waals surface area (Å²) in [4.78, 5) is 27.0. The lowest BCUT2D eigenvalue weighted by atomic mass is 10.1. The number of para-hydroxylation sites is 2. The summed E-state index contributed by atoms with van der Waals surface area (Å²) in [6, 6.07) is 25.0. The van der Waals surface area contributed by atoms with Gasteiger partial charge in [0.1, 0.15) is 18.1 Å². The summed E-state index contributed by atoms with van der Waals surface area (Å²) in [5.74, 6) is 1.84. The topological polar surface area (TPSA) is 67.9 Å². The predicted octanol–water partition coefficient (Wildman–Crippen LogP) is 4.03. The van der Waals surface area contributed by atoms with E-state index >= 15 is 0 Å². The van der Waals surface area contributed by atoms with Crippen molar-refractivity contribution in [3.8, 4) is 11.5 Å². The number of rotatable bonds is 6. The van der Waals surface area contributed by atoms with Crippen LogP contribution in [0.5, 0.6) is 11.5 Å². The maximum absolute atomic E-state index is 12.6. The third-order valence-electron chi connectivity index (χ3n) is 5.68. The summed E-state index contributed by atoms with van der Waals surface area (Å²) in [7, 11) is 0. The Bertz CT molecular complexity index is 1140. The highest BCUT2D eigenvalue weighted by molar-refractivity contribution is 8.00. The molecule has 5 rings (SSSR count). The largest absolute Gasteiger partial charge is 0.486 e. The normalized spacial score (nSPS) is 19.4. The number of hydrogen-bond donors (Lipinski definition) is 1. The molecule has 0 bridgehead atoms. The fraction of sp³-hybridized carbons (Fsp3) is 0.231. The standard InChI is InChI=1S/C26H24N2O4S/c29-24-17-33-26(28(24)15-18-6-2-1-3-7-18)20-12-10-19(11-13-20)25(30)27-14-21-16-31-22-8-4-5-9-23(22)32-21/h1-13,21,26H,14-17H2,(H,27,30). The molecule has 2 amide bonds. The van der Waals surface area contributed by atoms with Gasteiger partial charge in [0.2, 0.25) is 5.91 Å². The maximum Gasteiger partial charge on any atom is 0.251 e. The van der Waals surface area contributed by atoms with Crippen LogP contribution in [0.15, 0.2) is 78.9 Å². The molecule has 0 spiro atoms. The van der Waals surface area contributed by atoms with Crippen molar-refractivity contribution >= 4 is 23.6 Å². The first kappa shape index (κ1) is 21.4. The van der Waals surface area contributed by atoms with E-state index in [0.717, 1.165) is 16.9 Å². The summed E-state index contributed by atoms with van der Waals surface area (Å²) in [5, 5.41) is 2.87. The van der Waals surface area contributed by atoms with Crippen LogP contribution in [0.4, 0.5) is 0 Å². The Labute approximate surface area is 196 Å². The first-order chi connectivity index (χ1) is 16.2. The van der Waals surface area contributed by atoms with Gasteiger partial charge in [-0.1, -0.05) is 54.6 Å². The van der Waals surface area contributed by atoms with Crippen LogP contribution >= 0.6 is 11.8 Å². The first-order valence-electron chi connectivity index (χ1n) is 10.9. The van der Waals surface area contributed by atoms with E-state index in [2.05, 4.69) is 5.32 Å². The van der Waals surface area contributed by atoms with Crippen molar-refractivity contribution < 1.29 is 19.1 Å². The van der Waals surface area contributed by atoms with Crippen LogP contribution in [0.1, 0.15) is 26.9 Å². The zero-order chi connectivity index (χ0) is 22.6. The molecule has 7 heteroatoms. The molecule has 0 aliphatic carbocycles. The Kier molecular flexibility index (Phi) is 6.21. The van der Waals surface area contributed by atoms with Crippen molar-refractivity contribution in [2.24, 2.45) is 0 Å². The average Bonchev–Trinajstić information content (AvgIpc) is 3.23. The Hall–Kier alpha value is -3.45. The summed E-state index contributed by atoms with van der Waals surface area (Å²) in [6.07, 6.45) is -0.240. The number of carbonyl (C=O) groups excluding carboxylic acids is 2. The summed E-state index contributed by atoms with van der Waals surface area (Å²) < 4.78 is 11.6. The Morgan fingerprint density at radius 3 is 2.48 bits per heavy atom. The maximum atomic E-state index is 12.6. The fourth-order valence-corrected chi connectivity index (χ4v) is 5.14. The van der Waals surface area contributed by atoms with Crippen LogP contribution in [0.2, 0.25) is 0 Å². The van der Waals surface area contributed by atoms with Crippen molar-refractivity contribution in [1.29, 1.82) is 0 Å². The zero-order valence-electron chi connectivity index (χ0n) is 18.0.